The molecule has 0 aliphatic carbocycles. The van der Waals surface area contributed by atoms with Crippen LogP contribution in [0.1, 0.15) is 47.5 Å². The number of carbonyl (C=O) groups excluding carboxylic acids is 1. The summed E-state index contributed by atoms with van der Waals surface area (Å²) in [5.74, 6) is -0.390. The molecule has 0 fully saturated rings. The topological polar surface area (TPSA) is 58.6 Å². The van der Waals surface area contributed by atoms with Gasteiger partial charge in [-0.15, -0.1) is 0 Å². The maximum Gasteiger partial charge on any atom is 0.326 e. The van der Waals surface area contributed by atoms with Gasteiger partial charge in [0.15, 0.2) is 0 Å². The summed E-state index contributed by atoms with van der Waals surface area (Å²) in [6.45, 7) is 9.83. The second kappa shape index (κ2) is 6.86. The first-order chi connectivity index (χ1) is 7.28. The molecule has 0 amide bonds. The number of esters is 1. The number of hydrogen-bond donors (Lipinski definition) is 2. The number of aliphatic hydroxyl groups is 1. The van der Waals surface area contributed by atoms with E-state index in [1.54, 1.807) is 6.92 Å². The van der Waals surface area contributed by atoms with Crippen LogP contribution in [0.3, 0.4) is 0 Å². The molecule has 4 heteroatoms. The Hall–Kier alpha value is -0.610. The van der Waals surface area contributed by atoms with Gasteiger partial charge in [-0.25, -0.2) is 0 Å². The van der Waals surface area contributed by atoms with Gasteiger partial charge in [0.1, 0.15) is 11.6 Å². The third-order valence-electron chi connectivity index (χ3n) is 2.04. The molecule has 16 heavy (non-hydrogen) atoms. The molecule has 0 aliphatic rings. The monoisotopic (exact) mass is 231 g/mol. The average molecular weight is 231 g/mol. The van der Waals surface area contributed by atoms with Crippen molar-refractivity contribution in [2.75, 3.05) is 6.54 Å². The van der Waals surface area contributed by atoms with E-state index < -0.39 is 23.7 Å². The molecule has 0 rings (SSSR count). The second-order valence-electron chi connectivity index (χ2n) is 5.06. The molecule has 0 heterocycles. The number of nitrogens with one attached hydrogen (secondary N) is 1. The first-order valence-electron chi connectivity index (χ1n) is 5.92. The molecule has 2 N–H and O–H groups in total. The number of hydrogen-bond acceptors (Lipinski definition) is 4. The van der Waals surface area contributed by atoms with Gasteiger partial charge in [0.2, 0.25) is 0 Å². The van der Waals surface area contributed by atoms with Gasteiger partial charge in [-0.2, -0.15) is 0 Å². The highest BCUT2D eigenvalue weighted by Crippen LogP contribution is 2.10. The van der Waals surface area contributed by atoms with E-state index >= 15 is 0 Å². The van der Waals surface area contributed by atoms with E-state index in [1.807, 2.05) is 20.8 Å². The Balaban J connectivity index is 4.25. The van der Waals surface area contributed by atoms with E-state index in [0.29, 0.717) is 6.54 Å². The molecule has 0 spiro atoms. The minimum atomic E-state index is -0.744. The molecule has 0 saturated carbocycles. The number of ether oxygens (including phenoxy) is 1. The molecule has 4 nitrogen and oxygen atoms in total. The summed E-state index contributed by atoms with van der Waals surface area (Å²) in [7, 11) is 0. The van der Waals surface area contributed by atoms with Crippen LogP contribution in [0, 0.1) is 0 Å². The third kappa shape index (κ3) is 6.80. The van der Waals surface area contributed by atoms with Crippen LogP contribution in [-0.2, 0) is 9.53 Å². The van der Waals surface area contributed by atoms with Gasteiger partial charge in [0.05, 0.1) is 6.10 Å². The molecular formula is C12H25NO3. The molecule has 0 radical (unpaired) electrons. The van der Waals surface area contributed by atoms with Crippen LogP contribution in [0.15, 0.2) is 0 Å². The molecular weight excluding hydrogens is 206 g/mol. The summed E-state index contributed by atoms with van der Waals surface area (Å²) in [6.07, 6.45) is 1.28. The summed E-state index contributed by atoms with van der Waals surface area (Å²) in [5, 5.41) is 12.5. The van der Waals surface area contributed by atoms with Gasteiger partial charge in [-0.1, -0.05) is 13.3 Å². The number of carbonyl (C=O) groups is 1. The predicted octanol–water partition coefficient (Wildman–Crippen LogP) is 1.47. The molecule has 0 unspecified atom stereocenters. The van der Waals surface area contributed by atoms with Crippen LogP contribution in [0.25, 0.3) is 0 Å². The van der Waals surface area contributed by atoms with Crippen molar-refractivity contribution < 1.29 is 14.6 Å². The normalized spacial score (nSPS) is 15.6. The van der Waals surface area contributed by atoms with E-state index in [9.17, 15) is 9.90 Å². The van der Waals surface area contributed by atoms with Crippen molar-refractivity contribution in [3.05, 3.63) is 0 Å². The Labute approximate surface area is 98.4 Å². The maximum absolute atomic E-state index is 11.7. The van der Waals surface area contributed by atoms with Crippen molar-refractivity contribution in [3.63, 3.8) is 0 Å². The van der Waals surface area contributed by atoms with Crippen LogP contribution in [0.4, 0.5) is 0 Å². The fourth-order valence-electron chi connectivity index (χ4n) is 1.25. The Morgan fingerprint density at radius 3 is 2.38 bits per heavy atom. The fourth-order valence-corrected chi connectivity index (χ4v) is 1.25. The van der Waals surface area contributed by atoms with Gasteiger partial charge in [0, 0.05) is 0 Å². The minimum absolute atomic E-state index is 0.390. The van der Waals surface area contributed by atoms with Crippen molar-refractivity contribution >= 4 is 5.97 Å². The van der Waals surface area contributed by atoms with Crippen molar-refractivity contribution in [1.82, 2.24) is 5.32 Å². The molecule has 0 aromatic heterocycles. The molecule has 0 bridgehead atoms. The van der Waals surface area contributed by atoms with Crippen LogP contribution in [-0.4, -0.2) is 35.4 Å². The first-order valence-corrected chi connectivity index (χ1v) is 5.92. The van der Waals surface area contributed by atoms with Gasteiger partial charge < -0.3 is 15.2 Å². The maximum atomic E-state index is 11.7. The zero-order valence-corrected chi connectivity index (χ0v) is 11.0. The second-order valence-corrected chi connectivity index (χ2v) is 5.06. The number of rotatable bonds is 6. The minimum Gasteiger partial charge on any atom is -0.459 e. The van der Waals surface area contributed by atoms with Crippen LogP contribution in [0.5, 0.6) is 0 Å². The van der Waals surface area contributed by atoms with Gasteiger partial charge >= 0.3 is 5.97 Å². The molecule has 0 aromatic carbocycles. The third-order valence-corrected chi connectivity index (χ3v) is 2.04. The summed E-state index contributed by atoms with van der Waals surface area (Å²) in [6, 6.07) is -0.634. The molecule has 96 valence electrons. The largest absolute Gasteiger partial charge is 0.459 e. The average Bonchev–Trinajstić information content (AvgIpc) is 2.08. The highest BCUT2D eigenvalue weighted by atomic mass is 16.6. The number of aliphatic hydroxyl groups excluding tert-OH is 1. The quantitative estimate of drug-likeness (QED) is 0.537. The Morgan fingerprint density at radius 2 is 2.00 bits per heavy atom. The zero-order chi connectivity index (χ0) is 12.8. The van der Waals surface area contributed by atoms with Crippen molar-refractivity contribution in [2.45, 2.75) is 65.2 Å². The molecule has 0 saturated heterocycles. The molecule has 2 atom stereocenters. The zero-order valence-electron chi connectivity index (χ0n) is 11.0. The SMILES string of the molecule is CCCCN[C@H](C(=O)OC(C)(C)C)[C@@H](C)O. The smallest absolute Gasteiger partial charge is 0.326 e. The Bertz CT molecular complexity index is 209. The summed E-state index contributed by atoms with van der Waals surface area (Å²) in [5.41, 5.74) is -0.517. The van der Waals surface area contributed by atoms with Crippen molar-refractivity contribution in [3.8, 4) is 0 Å². The van der Waals surface area contributed by atoms with E-state index in [1.165, 1.54) is 0 Å². The van der Waals surface area contributed by atoms with Gasteiger partial charge in [-0.05, 0) is 40.7 Å². The van der Waals surface area contributed by atoms with E-state index in [0.717, 1.165) is 12.8 Å². The molecule has 0 aromatic rings. The standard InChI is InChI=1S/C12H25NO3/c1-6-7-8-13-10(9(2)14)11(15)16-12(3,4)5/h9-10,13-14H,6-8H2,1-5H3/t9-,10+/m1/s1. The Kier molecular flexibility index (Phi) is 6.60. The number of unbranched alkanes of at least 4 members (excludes halogenated alkanes) is 1. The van der Waals surface area contributed by atoms with Crippen LogP contribution < -0.4 is 5.32 Å². The molecule has 0 aliphatic heterocycles. The van der Waals surface area contributed by atoms with Crippen LogP contribution >= 0.6 is 0 Å². The van der Waals surface area contributed by atoms with Crippen LogP contribution in [0.2, 0.25) is 0 Å². The lowest BCUT2D eigenvalue weighted by Crippen LogP contribution is -2.48. The first kappa shape index (κ1) is 15.4. The lowest BCUT2D eigenvalue weighted by Gasteiger charge is -2.26. The highest BCUT2D eigenvalue weighted by Gasteiger charge is 2.28. The van der Waals surface area contributed by atoms with E-state index in [-0.39, 0.29) is 0 Å². The predicted molar refractivity (Wildman–Crippen MR) is 64.2 cm³/mol. The Morgan fingerprint density at radius 1 is 1.44 bits per heavy atom. The highest BCUT2D eigenvalue weighted by molar-refractivity contribution is 5.76. The van der Waals surface area contributed by atoms with E-state index in [4.69, 9.17) is 4.74 Å². The van der Waals surface area contributed by atoms with E-state index in [2.05, 4.69) is 12.2 Å². The summed E-state index contributed by atoms with van der Waals surface area (Å²) < 4.78 is 5.23. The summed E-state index contributed by atoms with van der Waals surface area (Å²) in [4.78, 5) is 11.7. The van der Waals surface area contributed by atoms with Gasteiger partial charge in [0.25, 0.3) is 0 Å². The van der Waals surface area contributed by atoms with Gasteiger partial charge in [-0.3, -0.25) is 4.79 Å². The fraction of sp³-hybridized carbons (Fsp3) is 0.917. The van der Waals surface area contributed by atoms with Crippen molar-refractivity contribution in [1.29, 1.82) is 0 Å². The van der Waals surface area contributed by atoms with Crippen molar-refractivity contribution in [2.24, 2.45) is 0 Å². The summed E-state index contributed by atoms with van der Waals surface area (Å²) >= 11 is 0. The lowest BCUT2D eigenvalue weighted by molar-refractivity contribution is -0.160. The lowest BCUT2D eigenvalue weighted by atomic mass is 10.1.